The highest BCUT2D eigenvalue weighted by Gasteiger charge is 2.27. The molecule has 0 aliphatic heterocycles. The predicted octanol–water partition coefficient (Wildman–Crippen LogP) is 4.78. The summed E-state index contributed by atoms with van der Waals surface area (Å²) in [6, 6.07) is 16.1. The summed E-state index contributed by atoms with van der Waals surface area (Å²) in [5.74, 6) is -0.307. The molecule has 0 aromatic heterocycles. The zero-order valence-corrected chi connectivity index (χ0v) is 15.1. The van der Waals surface area contributed by atoms with Gasteiger partial charge in [0.15, 0.2) is 0 Å². The number of hydrogen-bond donors (Lipinski definition) is 1. The molecule has 0 radical (unpaired) electrons. The van der Waals surface area contributed by atoms with Crippen molar-refractivity contribution < 1.29 is 14.3 Å². The summed E-state index contributed by atoms with van der Waals surface area (Å²) in [6.07, 6.45) is 0.317. The van der Waals surface area contributed by atoms with E-state index < -0.39 is 12.1 Å². The van der Waals surface area contributed by atoms with Crippen molar-refractivity contribution in [2.24, 2.45) is 11.8 Å². The summed E-state index contributed by atoms with van der Waals surface area (Å²) >= 11 is 5.93. The van der Waals surface area contributed by atoms with E-state index in [4.69, 9.17) is 16.3 Å². The standard InChI is InChI=1S/C20H22ClNO3/c1-14(2)18(12-23)19(16-8-10-17(21)11-9-16)22-20(24)25-13-15-6-4-3-5-7-15/h3-12,14,18-19H,13H2,1-2H3,(H,22,24)/t18-,19+/m0/s1. The van der Waals surface area contributed by atoms with Gasteiger partial charge >= 0.3 is 6.09 Å². The van der Waals surface area contributed by atoms with Crippen molar-refractivity contribution in [1.29, 1.82) is 0 Å². The minimum atomic E-state index is -0.559. The highest BCUT2D eigenvalue weighted by molar-refractivity contribution is 6.30. The fourth-order valence-corrected chi connectivity index (χ4v) is 2.71. The summed E-state index contributed by atoms with van der Waals surface area (Å²) in [4.78, 5) is 23.8. The highest BCUT2D eigenvalue weighted by atomic mass is 35.5. The second-order valence-electron chi connectivity index (χ2n) is 6.19. The van der Waals surface area contributed by atoms with Crippen LogP contribution in [0, 0.1) is 11.8 Å². The van der Waals surface area contributed by atoms with Crippen molar-refractivity contribution in [1.82, 2.24) is 5.32 Å². The van der Waals surface area contributed by atoms with Crippen LogP contribution in [0.2, 0.25) is 5.02 Å². The average Bonchev–Trinajstić information content (AvgIpc) is 2.61. The molecule has 0 aliphatic rings. The molecule has 2 rings (SSSR count). The first kappa shape index (κ1) is 19.0. The Morgan fingerprint density at radius 1 is 1.12 bits per heavy atom. The minimum absolute atomic E-state index is 0.0626. The molecule has 0 aliphatic carbocycles. The first-order chi connectivity index (χ1) is 12.0. The molecule has 132 valence electrons. The number of carbonyl (C=O) groups is 2. The van der Waals surface area contributed by atoms with Gasteiger partial charge in [-0.2, -0.15) is 0 Å². The van der Waals surface area contributed by atoms with Crippen LogP contribution in [0.25, 0.3) is 0 Å². The fourth-order valence-electron chi connectivity index (χ4n) is 2.58. The second kappa shape index (κ2) is 9.23. The molecule has 25 heavy (non-hydrogen) atoms. The lowest BCUT2D eigenvalue weighted by molar-refractivity contribution is -0.113. The summed E-state index contributed by atoms with van der Waals surface area (Å²) in [6.45, 7) is 4.06. The third-order valence-corrected chi connectivity index (χ3v) is 4.28. The number of halogens is 1. The number of benzene rings is 2. The molecule has 2 aromatic rings. The van der Waals surface area contributed by atoms with E-state index in [-0.39, 0.29) is 18.4 Å². The molecule has 0 saturated carbocycles. The van der Waals surface area contributed by atoms with Gasteiger partial charge in [-0.3, -0.25) is 0 Å². The molecule has 2 atom stereocenters. The van der Waals surface area contributed by atoms with Crippen molar-refractivity contribution in [2.45, 2.75) is 26.5 Å². The molecule has 0 saturated heterocycles. The maximum atomic E-state index is 12.2. The lowest BCUT2D eigenvalue weighted by Gasteiger charge is -2.27. The molecule has 1 N–H and O–H groups in total. The smallest absolute Gasteiger partial charge is 0.407 e. The SMILES string of the molecule is CC(C)[C@H](C=O)[C@H](NC(=O)OCc1ccccc1)c1ccc(Cl)cc1. The Morgan fingerprint density at radius 3 is 2.32 bits per heavy atom. The third kappa shape index (κ3) is 5.61. The number of amides is 1. The third-order valence-electron chi connectivity index (χ3n) is 4.03. The lowest BCUT2D eigenvalue weighted by atomic mass is 9.85. The summed E-state index contributed by atoms with van der Waals surface area (Å²) in [5.41, 5.74) is 1.71. The molecular formula is C20H22ClNO3. The molecule has 0 unspecified atom stereocenters. The normalized spacial score (nSPS) is 13.1. The van der Waals surface area contributed by atoms with Gasteiger partial charge in [0, 0.05) is 10.9 Å². The Labute approximate surface area is 153 Å². The number of carbonyl (C=O) groups excluding carboxylic acids is 2. The van der Waals surface area contributed by atoms with Crippen molar-refractivity contribution in [3.8, 4) is 0 Å². The first-order valence-corrected chi connectivity index (χ1v) is 8.57. The molecule has 0 heterocycles. The topological polar surface area (TPSA) is 55.4 Å². The van der Waals surface area contributed by atoms with Gasteiger partial charge in [-0.05, 0) is 29.2 Å². The average molecular weight is 360 g/mol. The zero-order valence-electron chi connectivity index (χ0n) is 14.3. The summed E-state index contributed by atoms with van der Waals surface area (Å²) < 4.78 is 5.29. The van der Waals surface area contributed by atoms with Gasteiger partial charge in [-0.15, -0.1) is 0 Å². The van der Waals surface area contributed by atoms with E-state index in [1.807, 2.05) is 56.3 Å². The van der Waals surface area contributed by atoms with E-state index in [1.54, 1.807) is 12.1 Å². The summed E-state index contributed by atoms with van der Waals surface area (Å²) in [7, 11) is 0. The number of alkyl carbamates (subject to hydrolysis) is 1. The van der Waals surface area contributed by atoms with E-state index in [0.29, 0.717) is 5.02 Å². The molecule has 4 nitrogen and oxygen atoms in total. The molecular weight excluding hydrogens is 338 g/mol. The van der Waals surface area contributed by atoms with Crippen molar-refractivity contribution >= 4 is 24.0 Å². The van der Waals surface area contributed by atoms with Gasteiger partial charge < -0.3 is 14.8 Å². The van der Waals surface area contributed by atoms with Crippen LogP contribution in [0.3, 0.4) is 0 Å². The zero-order chi connectivity index (χ0) is 18.2. The van der Waals surface area contributed by atoms with Crippen LogP contribution >= 0.6 is 11.6 Å². The Morgan fingerprint density at radius 2 is 1.76 bits per heavy atom. The van der Waals surface area contributed by atoms with Crippen LogP contribution in [0.4, 0.5) is 4.79 Å². The number of hydrogen-bond acceptors (Lipinski definition) is 3. The van der Waals surface area contributed by atoms with Gasteiger partial charge in [0.05, 0.1) is 6.04 Å². The number of ether oxygens (including phenoxy) is 1. The van der Waals surface area contributed by atoms with Gasteiger partial charge in [0.2, 0.25) is 0 Å². The molecule has 2 aromatic carbocycles. The van der Waals surface area contributed by atoms with E-state index in [1.165, 1.54) is 0 Å². The molecule has 0 spiro atoms. The van der Waals surface area contributed by atoms with E-state index >= 15 is 0 Å². The Hall–Kier alpha value is -2.33. The molecule has 0 bridgehead atoms. The van der Waals surface area contributed by atoms with Gasteiger partial charge in [0.1, 0.15) is 12.9 Å². The van der Waals surface area contributed by atoms with Crippen LogP contribution in [0.5, 0.6) is 0 Å². The molecule has 1 amide bonds. The van der Waals surface area contributed by atoms with Crippen LogP contribution in [-0.4, -0.2) is 12.4 Å². The largest absolute Gasteiger partial charge is 0.445 e. The van der Waals surface area contributed by atoms with Crippen LogP contribution in [0.1, 0.15) is 31.0 Å². The lowest BCUT2D eigenvalue weighted by Crippen LogP contribution is -2.36. The molecule has 0 fully saturated rings. The fraction of sp³-hybridized carbons (Fsp3) is 0.300. The van der Waals surface area contributed by atoms with Crippen LogP contribution in [-0.2, 0) is 16.1 Å². The number of nitrogens with one attached hydrogen (secondary N) is 1. The number of rotatable bonds is 7. The van der Waals surface area contributed by atoms with E-state index in [2.05, 4.69) is 5.32 Å². The van der Waals surface area contributed by atoms with E-state index in [0.717, 1.165) is 17.4 Å². The van der Waals surface area contributed by atoms with Crippen LogP contribution in [0.15, 0.2) is 54.6 Å². The van der Waals surface area contributed by atoms with Crippen LogP contribution < -0.4 is 5.32 Å². The highest BCUT2D eigenvalue weighted by Crippen LogP contribution is 2.28. The molecule has 5 heteroatoms. The Kier molecular flexibility index (Phi) is 7.02. The van der Waals surface area contributed by atoms with E-state index in [9.17, 15) is 9.59 Å². The van der Waals surface area contributed by atoms with Crippen molar-refractivity contribution in [3.05, 3.63) is 70.7 Å². The maximum absolute atomic E-state index is 12.2. The predicted molar refractivity (Wildman–Crippen MR) is 98.3 cm³/mol. The van der Waals surface area contributed by atoms with Gasteiger partial charge in [-0.25, -0.2) is 4.79 Å². The minimum Gasteiger partial charge on any atom is -0.445 e. The first-order valence-electron chi connectivity index (χ1n) is 8.19. The summed E-state index contributed by atoms with van der Waals surface area (Å²) in [5, 5.41) is 3.42. The number of aldehydes is 1. The Bertz CT molecular complexity index is 686. The maximum Gasteiger partial charge on any atom is 0.407 e. The quantitative estimate of drug-likeness (QED) is 0.724. The second-order valence-corrected chi connectivity index (χ2v) is 6.63. The Balaban J connectivity index is 2.10. The monoisotopic (exact) mass is 359 g/mol. The van der Waals surface area contributed by atoms with Gasteiger partial charge in [-0.1, -0.05) is 67.9 Å². The van der Waals surface area contributed by atoms with Gasteiger partial charge in [0.25, 0.3) is 0 Å². The van der Waals surface area contributed by atoms with Crippen molar-refractivity contribution in [3.63, 3.8) is 0 Å². The van der Waals surface area contributed by atoms with Crippen molar-refractivity contribution in [2.75, 3.05) is 0 Å².